The predicted octanol–water partition coefficient (Wildman–Crippen LogP) is 4.09. The van der Waals surface area contributed by atoms with E-state index in [-0.39, 0.29) is 11.8 Å². The highest BCUT2D eigenvalue weighted by Crippen LogP contribution is 2.23. The van der Waals surface area contributed by atoms with Crippen LogP contribution < -0.4 is 10.2 Å². The molecule has 0 unspecified atom stereocenters. The Morgan fingerprint density at radius 2 is 1.55 bits per heavy atom. The highest BCUT2D eigenvalue weighted by atomic mass is 16.2. The maximum absolute atomic E-state index is 13.2. The first-order valence-corrected chi connectivity index (χ1v) is 10.4. The van der Waals surface area contributed by atoms with Crippen molar-refractivity contribution in [2.45, 2.75) is 25.7 Å². The summed E-state index contributed by atoms with van der Waals surface area (Å²) in [4.78, 5) is 29.9. The molecule has 2 aromatic rings. The minimum Gasteiger partial charge on any atom is -0.368 e. The van der Waals surface area contributed by atoms with E-state index in [2.05, 4.69) is 22.3 Å². The van der Waals surface area contributed by atoms with Crippen LogP contribution in [-0.2, 0) is 4.79 Å². The van der Waals surface area contributed by atoms with Crippen LogP contribution in [0.25, 0.3) is 0 Å². The lowest BCUT2D eigenvalue weighted by Crippen LogP contribution is -2.48. The van der Waals surface area contributed by atoms with Crippen molar-refractivity contribution in [2.75, 3.05) is 36.4 Å². The van der Waals surface area contributed by atoms with E-state index >= 15 is 0 Å². The second-order valence-corrected chi connectivity index (χ2v) is 7.59. The zero-order chi connectivity index (χ0) is 20.1. The number of anilines is 2. The number of allylic oxidation sites excluding steroid dienone is 1. The van der Waals surface area contributed by atoms with Crippen LogP contribution in [0.3, 0.4) is 0 Å². The number of rotatable bonds is 4. The molecule has 0 radical (unpaired) electrons. The van der Waals surface area contributed by atoms with E-state index in [0.29, 0.717) is 24.3 Å². The second kappa shape index (κ2) is 8.95. The monoisotopic (exact) mass is 389 g/mol. The summed E-state index contributed by atoms with van der Waals surface area (Å²) >= 11 is 0. The highest BCUT2D eigenvalue weighted by Gasteiger charge is 2.24. The number of para-hydroxylation sites is 2. The summed E-state index contributed by atoms with van der Waals surface area (Å²) in [6, 6.07) is 17.6. The normalized spacial score (nSPS) is 16.9. The molecule has 1 aliphatic carbocycles. The van der Waals surface area contributed by atoms with E-state index < -0.39 is 0 Å². The lowest BCUT2D eigenvalue weighted by atomic mass is 9.99. The van der Waals surface area contributed by atoms with Crippen molar-refractivity contribution in [3.05, 3.63) is 71.8 Å². The Balaban J connectivity index is 1.43. The van der Waals surface area contributed by atoms with Crippen molar-refractivity contribution in [1.29, 1.82) is 0 Å². The molecule has 0 saturated carbocycles. The van der Waals surface area contributed by atoms with Crippen molar-refractivity contribution in [3.8, 4) is 0 Å². The Morgan fingerprint density at radius 1 is 0.828 bits per heavy atom. The fourth-order valence-corrected chi connectivity index (χ4v) is 4.00. The molecule has 0 bridgehead atoms. The van der Waals surface area contributed by atoms with Gasteiger partial charge in [0.1, 0.15) is 0 Å². The van der Waals surface area contributed by atoms with Crippen LogP contribution in [0.5, 0.6) is 0 Å². The molecule has 2 aromatic carbocycles. The van der Waals surface area contributed by atoms with E-state index in [1.165, 1.54) is 5.69 Å². The van der Waals surface area contributed by atoms with Crippen molar-refractivity contribution in [3.63, 3.8) is 0 Å². The SMILES string of the molecule is O=C(Nc1ccccc1C(=O)N1CCN(c2ccccc2)CC1)C1=CCCCC1. The first-order chi connectivity index (χ1) is 14.2. The Hall–Kier alpha value is -3.08. The molecule has 0 aromatic heterocycles. The lowest BCUT2D eigenvalue weighted by Gasteiger charge is -2.36. The van der Waals surface area contributed by atoms with Gasteiger partial charge in [0.25, 0.3) is 11.8 Å². The molecule has 1 aliphatic heterocycles. The molecule has 29 heavy (non-hydrogen) atoms. The fourth-order valence-electron chi connectivity index (χ4n) is 4.00. The number of nitrogens with zero attached hydrogens (tertiary/aromatic N) is 2. The number of nitrogens with one attached hydrogen (secondary N) is 1. The van der Waals surface area contributed by atoms with Crippen LogP contribution >= 0.6 is 0 Å². The van der Waals surface area contributed by atoms with Gasteiger partial charge in [-0.3, -0.25) is 9.59 Å². The molecule has 150 valence electrons. The zero-order valence-electron chi connectivity index (χ0n) is 16.6. The van der Waals surface area contributed by atoms with E-state index in [1.54, 1.807) is 6.07 Å². The van der Waals surface area contributed by atoms with Crippen molar-refractivity contribution in [1.82, 2.24) is 4.90 Å². The van der Waals surface area contributed by atoms with Gasteiger partial charge < -0.3 is 15.1 Å². The minimum atomic E-state index is -0.0844. The molecule has 5 heteroatoms. The number of hydrogen-bond donors (Lipinski definition) is 1. The number of hydrogen-bond acceptors (Lipinski definition) is 3. The van der Waals surface area contributed by atoms with E-state index in [4.69, 9.17) is 0 Å². The molecule has 1 fully saturated rings. The number of benzene rings is 2. The smallest absolute Gasteiger partial charge is 0.256 e. The van der Waals surface area contributed by atoms with Crippen LogP contribution in [-0.4, -0.2) is 42.9 Å². The number of amides is 2. The zero-order valence-corrected chi connectivity index (χ0v) is 16.6. The van der Waals surface area contributed by atoms with Gasteiger partial charge in [0, 0.05) is 37.4 Å². The average molecular weight is 389 g/mol. The highest BCUT2D eigenvalue weighted by molar-refractivity contribution is 6.08. The molecule has 1 saturated heterocycles. The largest absolute Gasteiger partial charge is 0.368 e. The van der Waals surface area contributed by atoms with Gasteiger partial charge in [-0.1, -0.05) is 36.4 Å². The van der Waals surface area contributed by atoms with Crippen molar-refractivity contribution < 1.29 is 9.59 Å². The molecule has 0 atom stereocenters. The first kappa shape index (κ1) is 19.2. The summed E-state index contributed by atoms with van der Waals surface area (Å²) in [7, 11) is 0. The van der Waals surface area contributed by atoms with Crippen molar-refractivity contribution in [2.24, 2.45) is 0 Å². The maximum Gasteiger partial charge on any atom is 0.256 e. The van der Waals surface area contributed by atoms with Gasteiger partial charge in [-0.25, -0.2) is 0 Å². The van der Waals surface area contributed by atoms with Gasteiger partial charge in [-0.15, -0.1) is 0 Å². The first-order valence-electron chi connectivity index (χ1n) is 10.4. The van der Waals surface area contributed by atoms with Crippen LogP contribution in [0, 0.1) is 0 Å². The summed E-state index contributed by atoms with van der Waals surface area (Å²) < 4.78 is 0. The summed E-state index contributed by atoms with van der Waals surface area (Å²) in [6.07, 6.45) is 5.97. The van der Waals surface area contributed by atoms with E-state index in [1.807, 2.05) is 47.4 Å². The molecule has 0 spiro atoms. The third-order valence-electron chi connectivity index (χ3n) is 5.68. The third kappa shape index (κ3) is 4.50. The molecule has 5 nitrogen and oxygen atoms in total. The topological polar surface area (TPSA) is 52.7 Å². The molecular formula is C24H27N3O2. The van der Waals surface area contributed by atoms with Crippen LogP contribution in [0.15, 0.2) is 66.2 Å². The quantitative estimate of drug-likeness (QED) is 0.857. The number of carbonyl (C=O) groups is 2. The molecule has 2 aliphatic rings. The summed E-state index contributed by atoms with van der Waals surface area (Å²) in [5.74, 6) is -0.106. The maximum atomic E-state index is 13.2. The van der Waals surface area contributed by atoms with Crippen LogP contribution in [0.4, 0.5) is 11.4 Å². The van der Waals surface area contributed by atoms with E-state index in [9.17, 15) is 9.59 Å². The molecule has 2 amide bonds. The standard InChI is InChI=1S/C24H27N3O2/c28-23(19-9-3-1-4-10-19)25-22-14-8-7-13-21(22)24(29)27-17-15-26(16-18-27)20-11-5-2-6-12-20/h2,5-9,11-14H,1,3-4,10,15-18H2,(H,25,28). The van der Waals surface area contributed by atoms with Gasteiger partial charge in [0.2, 0.25) is 0 Å². The van der Waals surface area contributed by atoms with Gasteiger partial charge >= 0.3 is 0 Å². The summed E-state index contributed by atoms with van der Waals surface area (Å²) in [5.41, 5.74) is 3.17. The Kier molecular flexibility index (Phi) is 5.94. The molecule has 1 heterocycles. The van der Waals surface area contributed by atoms with Gasteiger partial charge in [-0.2, -0.15) is 0 Å². The lowest BCUT2D eigenvalue weighted by molar-refractivity contribution is -0.113. The molecule has 1 N–H and O–H groups in total. The van der Waals surface area contributed by atoms with Crippen LogP contribution in [0.2, 0.25) is 0 Å². The van der Waals surface area contributed by atoms with E-state index in [0.717, 1.165) is 44.3 Å². The molecular weight excluding hydrogens is 362 g/mol. The summed E-state index contributed by atoms with van der Waals surface area (Å²) in [6.45, 7) is 2.94. The Labute approximate surface area is 172 Å². The third-order valence-corrected chi connectivity index (χ3v) is 5.68. The fraction of sp³-hybridized carbons (Fsp3) is 0.333. The number of piperazine rings is 1. The van der Waals surface area contributed by atoms with Crippen LogP contribution in [0.1, 0.15) is 36.0 Å². The Morgan fingerprint density at radius 3 is 2.28 bits per heavy atom. The number of carbonyl (C=O) groups excluding carboxylic acids is 2. The second-order valence-electron chi connectivity index (χ2n) is 7.59. The predicted molar refractivity (Wildman–Crippen MR) is 116 cm³/mol. The van der Waals surface area contributed by atoms with Gasteiger partial charge in [-0.05, 0) is 49.9 Å². The Bertz CT molecular complexity index is 899. The summed E-state index contributed by atoms with van der Waals surface area (Å²) in [5, 5.41) is 2.97. The minimum absolute atomic E-state index is 0.0220. The van der Waals surface area contributed by atoms with Gasteiger partial charge in [0.05, 0.1) is 11.3 Å². The van der Waals surface area contributed by atoms with Crippen molar-refractivity contribution >= 4 is 23.2 Å². The average Bonchev–Trinajstić information content (AvgIpc) is 2.80. The van der Waals surface area contributed by atoms with Gasteiger partial charge in [0.15, 0.2) is 0 Å². The molecule has 4 rings (SSSR count).